The van der Waals surface area contributed by atoms with Crippen LogP contribution in [-0.4, -0.2) is 83.7 Å². The number of piperazine rings is 1. The standard InChI is InChI=1S/C19H31N5O2/c1-15-12-18(26-21-15)13-22-8-10-23(11-9-22)14-19(25)20-16-4-6-24(7-5-16)17-2-3-17/h12,16-17H,2-11,13-14H2,1H3,(H,20,25). The van der Waals surface area contributed by atoms with Gasteiger partial charge in [-0.1, -0.05) is 5.16 Å². The fourth-order valence-corrected chi connectivity index (χ4v) is 4.14. The molecule has 4 rings (SSSR count). The first-order valence-electron chi connectivity index (χ1n) is 10.1. The van der Waals surface area contributed by atoms with Crippen molar-refractivity contribution in [3.8, 4) is 0 Å². The lowest BCUT2D eigenvalue weighted by Crippen LogP contribution is -2.51. The number of piperidine rings is 1. The fraction of sp³-hybridized carbons (Fsp3) is 0.789. The van der Waals surface area contributed by atoms with Gasteiger partial charge < -0.3 is 14.7 Å². The number of amides is 1. The van der Waals surface area contributed by atoms with Crippen molar-refractivity contribution in [2.24, 2.45) is 0 Å². The normalized spacial score (nSPS) is 24.0. The number of aryl methyl sites for hydroxylation is 1. The number of rotatable bonds is 6. The van der Waals surface area contributed by atoms with Gasteiger partial charge in [-0.05, 0) is 32.6 Å². The molecule has 2 saturated heterocycles. The van der Waals surface area contributed by atoms with E-state index in [-0.39, 0.29) is 5.91 Å². The van der Waals surface area contributed by atoms with Gasteiger partial charge in [0, 0.05) is 57.4 Å². The Hall–Kier alpha value is -1.44. The van der Waals surface area contributed by atoms with Crippen molar-refractivity contribution in [1.82, 2.24) is 25.2 Å². The number of hydrogen-bond donors (Lipinski definition) is 1. The average Bonchev–Trinajstić information content (AvgIpc) is 3.40. The number of carbonyl (C=O) groups excluding carboxylic acids is 1. The molecular formula is C19H31N5O2. The minimum Gasteiger partial charge on any atom is -0.360 e. The van der Waals surface area contributed by atoms with Gasteiger partial charge in [0.25, 0.3) is 0 Å². The molecule has 1 aromatic rings. The second kappa shape index (κ2) is 8.06. The van der Waals surface area contributed by atoms with E-state index in [0.29, 0.717) is 12.6 Å². The highest BCUT2D eigenvalue weighted by Crippen LogP contribution is 2.29. The molecule has 0 bridgehead atoms. The number of aromatic nitrogens is 1. The summed E-state index contributed by atoms with van der Waals surface area (Å²) < 4.78 is 5.30. The van der Waals surface area contributed by atoms with E-state index in [4.69, 9.17) is 4.52 Å². The van der Waals surface area contributed by atoms with Gasteiger partial charge in [0.15, 0.2) is 5.76 Å². The zero-order chi connectivity index (χ0) is 17.9. The molecule has 3 heterocycles. The maximum Gasteiger partial charge on any atom is 0.234 e. The van der Waals surface area contributed by atoms with Crippen molar-refractivity contribution in [2.75, 3.05) is 45.8 Å². The van der Waals surface area contributed by atoms with Crippen molar-refractivity contribution >= 4 is 5.91 Å². The van der Waals surface area contributed by atoms with Crippen molar-refractivity contribution in [1.29, 1.82) is 0 Å². The van der Waals surface area contributed by atoms with Crippen LogP contribution in [0.15, 0.2) is 10.6 Å². The summed E-state index contributed by atoms with van der Waals surface area (Å²) in [5.41, 5.74) is 0.929. The second-order valence-corrected chi connectivity index (χ2v) is 8.10. The highest BCUT2D eigenvalue weighted by molar-refractivity contribution is 5.78. The lowest BCUT2D eigenvalue weighted by atomic mass is 10.0. The number of hydrogen-bond acceptors (Lipinski definition) is 6. The number of nitrogens with one attached hydrogen (secondary N) is 1. The Morgan fingerprint density at radius 2 is 1.81 bits per heavy atom. The SMILES string of the molecule is Cc1cc(CN2CCN(CC(=O)NC3CCN(C4CC4)CC3)CC2)on1. The molecule has 1 N–H and O–H groups in total. The molecule has 26 heavy (non-hydrogen) atoms. The van der Waals surface area contributed by atoms with E-state index in [0.717, 1.165) is 76.2 Å². The third kappa shape index (κ3) is 4.84. The van der Waals surface area contributed by atoms with Crippen LogP contribution in [0.1, 0.15) is 37.1 Å². The molecule has 1 aliphatic carbocycles. The van der Waals surface area contributed by atoms with E-state index >= 15 is 0 Å². The molecule has 0 unspecified atom stereocenters. The van der Waals surface area contributed by atoms with Gasteiger partial charge in [0.05, 0.1) is 18.8 Å². The molecule has 7 nitrogen and oxygen atoms in total. The maximum atomic E-state index is 12.4. The van der Waals surface area contributed by atoms with Crippen LogP contribution in [0.25, 0.3) is 0 Å². The lowest BCUT2D eigenvalue weighted by Gasteiger charge is -2.35. The predicted molar refractivity (Wildman–Crippen MR) is 98.7 cm³/mol. The molecule has 0 radical (unpaired) electrons. The third-order valence-electron chi connectivity index (χ3n) is 5.85. The Balaban J connectivity index is 1.13. The van der Waals surface area contributed by atoms with Gasteiger partial charge in [-0.25, -0.2) is 0 Å². The summed E-state index contributed by atoms with van der Waals surface area (Å²) in [7, 11) is 0. The molecule has 1 amide bonds. The average molecular weight is 361 g/mol. The molecule has 0 atom stereocenters. The van der Waals surface area contributed by atoms with Crippen LogP contribution in [0.3, 0.4) is 0 Å². The Morgan fingerprint density at radius 3 is 2.42 bits per heavy atom. The van der Waals surface area contributed by atoms with Gasteiger partial charge in [0.2, 0.25) is 5.91 Å². The zero-order valence-corrected chi connectivity index (χ0v) is 15.8. The monoisotopic (exact) mass is 361 g/mol. The Bertz CT molecular complexity index is 599. The first-order valence-corrected chi connectivity index (χ1v) is 10.1. The number of carbonyl (C=O) groups is 1. The first-order chi connectivity index (χ1) is 12.7. The summed E-state index contributed by atoms with van der Waals surface area (Å²) in [5.74, 6) is 1.11. The quantitative estimate of drug-likeness (QED) is 0.810. The van der Waals surface area contributed by atoms with Crippen molar-refractivity contribution in [3.05, 3.63) is 17.5 Å². The van der Waals surface area contributed by atoms with E-state index in [1.807, 2.05) is 13.0 Å². The Kier molecular flexibility index (Phi) is 5.57. The first kappa shape index (κ1) is 17.9. The largest absolute Gasteiger partial charge is 0.360 e. The maximum absolute atomic E-state index is 12.4. The van der Waals surface area contributed by atoms with Crippen LogP contribution in [0.5, 0.6) is 0 Å². The minimum absolute atomic E-state index is 0.189. The highest BCUT2D eigenvalue weighted by atomic mass is 16.5. The highest BCUT2D eigenvalue weighted by Gasteiger charge is 2.32. The van der Waals surface area contributed by atoms with Gasteiger partial charge in [0.1, 0.15) is 0 Å². The van der Waals surface area contributed by atoms with Crippen LogP contribution in [-0.2, 0) is 11.3 Å². The molecule has 144 valence electrons. The van der Waals surface area contributed by atoms with Gasteiger partial charge in [-0.15, -0.1) is 0 Å². The van der Waals surface area contributed by atoms with Crippen LogP contribution < -0.4 is 5.32 Å². The summed E-state index contributed by atoms with van der Waals surface area (Å²) in [4.78, 5) is 19.6. The predicted octanol–water partition coefficient (Wildman–Crippen LogP) is 0.844. The van der Waals surface area contributed by atoms with Crippen molar-refractivity contribution < 1.29 is 9.32 Å². The van der Waals surface area contributed by atoms with Crippen LogP contribution in [0.4, 0.5) is 0 Å². The molecule has 0 aromatic carbocycles. The minimum atomic E-state index is 0.189. The van der Waals surface area contributed by atoms with Crippen LogP contribution >= 0.6 is 0 Å². The van der Waals surface area contributed by atoms with E-state index in [1.54, 1.807) is 0 Å². The summed E-state index contributed by atoms with van der Waals surface area (Å²) in [6, 6.07) is 3.21. The zero-order valence-electron chi connectivity index (χ0n) is 15.8. The molecule has 3 fully saturated rings. The van der Waals surface area contributed by atoms with E-state index in [9.17, 15) is 4.79 Å². The van der Waals surface area contributed by atoms with Crippen molar-refractivity contribution in [2.45, 2.75) is 51.2 Å². The smallest absolute Gasteiger partial charge is 0.234 e. The number of likely N-dealkylation sites (tertiary alicyclic amines) is 1. The van der Waals surface area contributed by atoms with E-state index in [2.05, 4.69) is 25.2 Å². The molecule has 1 saturated carbocycles. The molecule has 2 aliphatic heterocycles. The summed E-state index contributed by atoms with van der Waals surface area (Å²) >= 11 is 0. The Morgan fingerprint density at radius 1 is 1.12 bits per heavy atom. The molecule has 3 aliphatic rings. The number of nitrogens with zero attached hydrogens (tertiary/aromatic N) is 4. The van der Waals surface area contributed by atoms with Gasteiger partial charge >= 0.3 is 0 Å². The molecule has 1 aromatic heterocycles. The van der Waals surface area contributed by atoms with Crippen LogP contribution in [0, 0.1) is 6.92 Å². The Labute approximate surface area is 155 Å². The summed E-state index contributed by atoms with van der Waals surface area (Å²) in [6.07, 6.45) is 4.96. The summed E-state index contributed by atoms with van der Waals surface area (Å²) in [6.45, 7) is 9.36. The molecular weight excluding hydrogens is 330 g/mol. The topological polar surface area (TPSA) is 64.8 Å². The van der Waals surface area contributed by atoms with Gasteiger partial charge in [-0.3, -0.25) is 14.6 Å². The molecule has 0 spiro atoms. The fourth-order valence-electron chi connectivity index (χ4n) is 4.14. The van der Waals surface area contributed by atoms with E-state index in [1.165, 1.54) is 12.8 Å². The summed E-state index contributed by atoms with van der Waals surface area (Å²) in [5, 5.41) is 7.20. The van der Waals surface area contributed by atoms with E-state index < -0.39 is 0 Å². The van der Waals surface area contributed by atoms with Crippen molar-refractivity contribution in [3.63, 3.8) is 0 Å². The van der Waals surface area contributed by atoms with Crippen LogP contribution in [0.2, 0.25) is 0 Å². The van der Waals surface area contributed by atoms with Gasteiger partial charge in [-0.2, -0.15) is 0 Å². The lowest BCUT2D eigenvalue weighted by molar-refractivity contribution is -0.123. The molecule has 7 heteroatoms. The third-order valence-corrected chi connectivity index (χ3v) is 5.85. The second-order valence-electron chi connectivity index (χ2n) is 8.10.